The SMILES string of the molecule is COc1ccc([C@H]2[C@H](C)c3ccccc3C(=O)N2C2CCCC2)cc1OC. The number of fused-ring (bicyclic) bond motifs is 1. The molecule has 0 aromatic heterocycles. The Kier molecular flexibility index (Phi) is 4.81. The van der Waals surface area contributed by atoms with Gasteiger partial charge in [0, 0.05) is 17.5 Å². The highest BCUT2D eigenvalue weighted by Crippen LogP contribution is 2.46. The van der Waals surface area contributed by atoms with Gasteiger partial charge in [-0.15, -0.1) is 0 Å². The lowest BCUT2D eigenvalue weighted by Gasteiger charge is -2.44. The summed E-state index contributed by atoms with van der Waals surface area (Å²) >= 11 is 0. The number of amides is 1. The normalized spacial score (nSPS) is 22.6. The van der Waals surface area contributed by atoms with Gasteiger partial charge in [0.15, 0.2) is 11.5 Å². The van der Waals surface area contributed by atoms with Crippen molar-refractivity contribution in [3.63, 3.8) is 0 Å². The minimum absolute atomic E-state index is 0.00954. The van der Waals surface area contributed by atoms with Gasteiger partial charge in [-0.1, -0.05) is 44.0 Å². The van der Waals surface area contributed by atoms with Crippen LogP contribution in [0, 0.1) is 0 Å². The third-order valence-corrected chi connectivity index (χ3v) is 6.16. The zero-order chi connectivity index (χ0) is 19.0. The van der Waals surface area contributed by atoms with Crippen LogP contribution in [-0.4, -0.2) is 31.1 Å². The van der Waals surface area contributed by atoms with Gasteiger partial charge in [0.1, 0.15) is 0 Å². The lowest BCUT2D eigenvalue weighted by atomic mass is 9.80. The quantitative estimate of drug-likeness (QED) is 0.770. The van der Waals surface area contributed by atoms with Crippen molar-refractivity contribution in [1.29, 1.82) is 0 Å². The predicted octanol–water partition coefficient (Wildman–Crippen LogP) is 4.95. The molecule has 2 atom stereocenters. The van der Waals surface area contributed by atoms with Crippen LogP contribution < -0.4 is 9.47 Å². The van der Waals surface area contributed by atoms with Gasteiger partial charge in [-0.05, 0) is 42.2 Å². The Morgan fingerprint density at radius 2 is 1.67 bits per heavy atom. The number of carbonyl (C=O) groups is 1. The minimum Gasteiger partial charge on any atom is -0.493 e. The zero-order valence-electron chi connectivity index (χ0n) is 16.3. The van der Waals surface area contributed by atoms with Crippen molar-refractivity contribution in [2.45, 2.75) is 50.6 Å². The van der Waals surface area contributed by atoms with Crippen LogP contribution in [0.15, 0.2) is 42.5 Å². The molecule has 1 saturated carbocycles. The molecule has 142 valence electrons. The highest BCUT2D eigenvalue weighted by molar-refractivity contribution is 5.97. The fourth-order valence-corrected chi connectivity index (χ4v) is 4.83. The number of carbonyl (C=O) groups excluding carboxylic acids is 1. The van der Waals surface area contributed by atoms with Crippen LogP contribution >= 0.6 is 0 Å². The van der Waals surface area contributed by atoms with Gasteiger partial charge in [0.2, 0.25) is 0 Å². The van der Waals surface area contributed by atoms with Crippen LogP contribution in [0.4, 0.5) is 0 Å². The Labute approximate surface area is 161 Å². The number of ether oxygens (including phenoxy) is 2. The molecule has 0 N–H and O–H groups in total. The van der Waals surface area contributed by atoms with Gasteiger partial charge in [-0.3, -0.25) is 4.79 Å². The molecule has 4 heteroatoms. The number of hydrogen-bond donors (Lipinski definition) is 0. The van der Waals surface area contributed by atoms with Crippen molar-refractivity contribution in [2.75, 3.05) is 14.2 Å². The monoisotopic (exact) mass is 365 g/mol. The molecular weight excluding hydrogens is 338 g/mol. The van der Waals surface area contributed by atoms with Crippen molar-refractivity contribution in [1.82, 2.24) is 4.90 Å². The molecule has 1 aliphatic carbocycles. The van der Waals surface area contributed by atoms with Gasteiger partial charge < -0.3 is 14.4 Å². The van der Waals surface area contributed by atoms with Crippen molar-refractivity contribution in [3.8, 4) is 11.5 Å². The lowest BCUT2D eigenvalue weighted by Crippen LogP contribution is -2.47. The van der Waals surface area contributed by atoms with E-state index in [2.05, 4.69) is 24.0 Å². The van der Waals surface area contributed by atoms with E-state index in [0.717, 1.165) is 29.5 Å². The van der Waals surface area contributed by atoms with E-state index in [4.69, 9.17) is 9.47 Å². The fraction of sp³-hybridized carbons (Fsp3) is 0.435. The molecule has 0 spiro atoms. The highest BCUT2D eigenvalue weighted by Gasteiger charge is 2.42. The fourth-order valence-electron chi connectivity index (χ4n) is 4.83. The molecule has 1 fully saturated rings. The van der Waals surface area contributed by atoms with Crippen molar-refractivity contribution in [2.24, 2.45) is 0 Å². The van der Waals surface area contributed by atoms with Crippen molar-refractivity contribution < 1.29 is 14.3 Å². The molecule has 4 rings (SSSR count). The van der Waals surface area contributed by atoms with E-state index >= 15 is 0 Å². The molecule has 2 aromatic carbocycles. The van der Waals surface area contributed by atoms with Gasteiger partial charge in [0.25, 0.3) is 5.91 Å². The van der Waals surface area contributed by atoms with Crippen molar-refractivity contribution >= 4 is 5.91 Å². The molecule has 1 amide bonds. The van der Waals surface area contributed by atoms with E-state index in [1.807, 2.05) is 30.3 Å². The number of methoxy groups -OCH3 is 2. The molecule has 4 nitrogen and oxygen atoms in total. The zero-order valence-corrected chi connectivity index (χ0v) is 16.3. The molecule has 0 radical (unpaired) electrons. The summed E-state index contributed by atoms with van der Waals surface area (Å²) in [6, 6.07) is 14.4. The molecule has 0 saturated heterocycles. The number of nitrogens with zero attached hydrogens (tertiary/aromatic N) is 1. The maximum absolute atomic E-state index is 13.5. The predicted molar refractivity (Wildman–Crippen MR) is 106 cm³/mol. The van der Waals surface area contributed by atoms with Gasteiger partial charge in [-0.2, -0.15) is 0 Å². The van der Waals surface area contributed by atoms with Crippen LogP contribution in [0.2, 0.25) is 0 Å². The van der Waals surface area contributed by atoms with Crippen LogP contribution in [0.25, 0.3) is 0 Å². The Morgan fingerprint density at radius 3 is 2.37 bits per heavy atom. The van der Waals surface area contributed by atoms with Gasteiger partial charge in [0.05, 0.1) is 20.3 Å². The summed E-state index contributed by atoms with van der Waals surface area (Å²) in [5.41, 5.74) is 3.10. The van der Waals surface area contributed by atoms with Crippen molar-refractivity contribution in [3.05, 3.63) is 59.2 Å². The number of rotatable bonds is 4. The highest BCUT2D eigenvalue weighted by atomic mass is 16.5. The average Bonchev–Trinajstić information content (AvgIpc) is 3.24. The first-order valence-electron chi connectivity index (χ1n) is 9.79. The lowest BCUT2D eigenvalue weighted by molar-refractivity contribution is 0.0497. The Bertz CT molecular complexity index is 841. The molecule has 0 bridgehead atoms. The smallest absolute Gasteiger partial charge is 0.254 e. The first-order chi connectivity index (χ1) is 13.2. The summed E-state index contributed by atoms with van der Waals surface area (Å²) in [4.78, 5) is 15.6. The topological polar surface area (TPSA) is 38.8 Å². The second-order valence-corrected chi connectivity index (χ2v) is 7.59. The summed E-state index contributed by atoms with van der Waals surface area (Å²) in [7, 11) is 3.30. The molecule has 27 heavy (non-hydrogen) atoms. The third-order valence-electron chi connectivity index (χ3n) is 6.16. The van der Waals surface area contributed by atoms with E-state index < -0.39 is 0 Å². The third kappa shape index (κ3) is 2.97. The summed E-state index contributed by atoms with van der Waals surface area (Å²) in [6.07, 6.45) is 4.57. The number of benzene rings is 2. The molecule has 1 aliphatic heterocycles. The summed E-state index contributed by atoms with van der Waals surface area (Å²) in [6.45, 7) is 2.23. The molecule has 1 heterocycles. The summed E-state index contributed by atoms with van der Waals surface area (Å²) in [5, 5.41) is 0. The van der Waals surface area contributed by atoms with E-state index in [1.165, 1.54) is 12.8 Å². The second kappa shape index (κ2) is 7.26. The Hall–Kier alpha value is -2.49. The summed E-state index contributed by atoms with van der Waals surface area (Å²) in [5.74, 6) is 1.80. The van der Waals surface area contributed by atoms with E-state index in [9.17, 15) is 4.79 Å². The van der Waals surface area contributed by atoms with Crippen LogP contribution in [0.3, 0.4) is 0 Å². The average molecular weight is 365 g/mol. The first-order valence-corrected chi connectivity index (χ1v) is 9.79. The van der Waals surface area contributed by atoms with Gasteiger partial charge >= 0.3 is 0 Å². The first kappa shape index (κ1) is 17.9. The largest absolute Gasteiger partial charge is 0.493 e. The number of hydrogen-bond acceptors (Lipinski definition) is 3. The van der Waals surface area contributed by atoms with Crippen LogP contribution in [0.5, 0.6) is 11.5 Å². The molecule has 2 aromatic rings. The molecule has 0 unspecified atom stereocenters. The molecular formula is C23H27NO3. The van der Waals surface area contributed by atoms with Crippen LogP contribution in [0.1, 0.15) is 66.1 Å². The summed E-state index contributed by atoms with van der Waals surface area (Å²) < 4.78 is 10.9. The van der Waals surface area contributed by atoms with Crippen LogP contribution in [-0.2, 0) is 0 Å². The molecule has 2 aliphatic rings. The minimum atomic E-state index is 0.00954. The van der Waals surface area contributed by atoms with Gasteiger partial charge in [-0.25, -0.2) is 0 Å². The standard InChI is InChI=1S/C23H27NO3/c1-15-18-10-6-7-11-19(18)23(25)24(17-8-4-5-9-17)22(15)16-12-13-20(26-2)21(14-16)27-3/h6-7,10-15,17,22H,4-5,8-9H2,1-3H3/t15-,22-/m1/s1. The van der Waals surface area contributed by atoms with E-state index in [0.29, 0.717) is 17.5 Å². The van der Waals surface area contributed by atoms with E-state index in [-0.39, 0.29) is 17.9 Å². The van der Waals surface area contributed by atoms with E-state index in [1.54, 1.807) is 14.2 Å². The maximum Gasteiger partial charge on any atom is 0.254 e. The Balaban J connectivity index is 1.84. The maximum atomic E-state index is 13.5. The second-order valence-electron chi connectivity index (χ2n) is 7.59. The Morgan fingerprint density at radius 1 is 0.963 bits per heavy atom.